The zero-order valence-corrected chi connectivity index (χ0v) is 16.7. The number of fused-ring (bicyclic) bond motifs is 1. The van der Waals surface area contributed by atoms with Crippen molar-refractivity contribution in [1.29, 1.82) is 0 Å². The van der Waals surface area contributed by atoms with Crippen molar-refractivity contribution in [2.75, 3.05) is 20.5 Å². The normalized spacial score (nSPS) is 11.8. The Bertz CT molecular complexity index is 1020. The number of thioether (sulfide) groups is 1. The van der Waals surface area contributed by atoms with E-state index in [1.54, 1.807) is 32.0 Å². The maximum atomic E-state index is 12.5. The standard InChI is InChI=1S/C19H20N2O3S2/c1-21-15-8-7-14(25-4)11-17(15)26-19(21)20-18(22)9-12-5-6-13(23-2)10-16(12)24-3/h5-8,10-11H,9H2,1-4H3. The van der Waals surface area contributed by atoms with Gasteiger partial charge in [0, 0.05) is 23.6 Å². The van der Waals surface area contributed by atoms with Crippen LogP contribution in [0.3, 0.4) is 0 Å². The Morgan fingerprint density at radius 2 is 2.00 bits per heavy atom. The Morgan fingerprint density at radius 1 is 1.19 bits per heavy atom. The Morgan fingerprint density at radius 3 is 2.69 bits per heavy atom. The van der Waals surface area contributed by atoms with Gasteiger partial charge in [-0.25, -0.2) is 0 Å². The Labute approximate surface area is 160 Å². The smallest absolute Gasteiger partial charge is 0.252 e. The van der Waals surface area contributed by atoms with Crippen molar-refractivity contribution in [3.8, 4) is 11.5 Å². The molecular weight excluding hydrogens is 368 g/mol. The minimum atomic E-state index is -0.208. The van der Waals surface area contributed by atoms with Gasteiger partial charge in [-0.3, -0.25) is 4.79 Å². The van der Waals surface area contributed by atoms with E-state index < -0.39 is 0 Å². The first kappa shape index (κ1) is 18.5. The van der Waals surface area contributed by atoms with Crippen LogP contribution in [0, 0.1) is 0 Å². The lowest BCUT2D eigenvalue weighted by molar-refractivity contribution is -0.117. The molecule has 3 aromatic rings. The van der Waals surface area contributed by atoms with Gasteiger partial charge in [-0.1, -0.05) is 17.4 Å². The highest BCUT2D eigenvalue weighted by atomic mass is 32.2. The van der Waals surface area contributed by atoms with E-state index in [1.165, 1.54) is 16.2 Å². The fourth-order valence-electron chi connectivity index (χ4n) is 2.65. The first-order valence-corrected chi connectivity index (χ1v) is 10.0. The van der Waals surface area contributed by atoms with Crippen LogP contribution in [0.25, 0.3) is 10.2 Å². The predicted molar refractivity (Wildman–Crippen MR) is 106 cm³/mol. The van der Waals surface area contributed by atoms with Crippen LogP contribution in [0.1, 0.15) is 5.56 Å². The number of hydrogen-bond acceptors (Lipinski definition) is 5. The lowest BCUT2D eigenvalue weighted by Gasteiger charge is -2.08. The third-order valence-electron chi connectivity index (χ3n) is 4.07. The molecule has 0 unspecified atom stereocenters. The van der Waals surface area contributed by atoms with E-state index in [4.69, 9.17) is 9.47 Å². The molecule has 1 aromatic heterocycles. The molecule has 2 aromatic carbocycles. The number of amides is 1. The Hall–Kier alpha value is -2.25. The molecule has 0 N–H and O–H groups in total. The molecule has 0 radical (unpaired) electrons. The van der Waals surface area contributed by atoms with E-state index in [-0.39, 0.29) is 12.3 Å². The number of hydrogen-bond donors (Lipinski definition) is 0. The molecule has 1 heterocycles. The van der Waals surface area contributed by atoms with Gasteiger partial charge in [0.25, 0.3) is 5.91 Å². The van der Waals surface area contributed by atoms with Crippen LogP contribution < -0.4 is 14.3 Å². The molecule has 1 amide bonds. The second-order valence-corrected chi connectivity index (χ2v) is 7.53. The van der Waals surface area contributed by atoms with Crippen LogP contribution in [0.5, 0.6) is 11.5 Å². The number of aryl methyl sites for hydroxylation is 1. The molecule has 0 atom stereocenters. The quantitative estimate of drug-likeness (QED) is 0.626. The number of methoxy groups -OCH3 is 2. The monoisotopic (exact) mass is 388 g/mol. The summed E-state index contributed by atoms with van der Waals surface area (Å²) in [7, 11) is 5.10. The first-order chi connectivity index (χ1) is 12.5. The van der Waals surface area contributed by atoms with Crippen LogP contribution in [0.15, 0.2) is 46.3 Å². The van der Waals surface area contributed by atoms with Crippen molar-refractivity contribution in [2.24, 2.45) is 12.0 Å². The summed E-state index contributed by atoms with van der Waals surface area (Å²) in [5, 5.41) is 0. The van der Waals surface area contributed by atoms with Gasteiger partial charge < -0.3 is 14.0 Å². The summed E-state index contributed by atoms with van der Waals surface area (Å²) in [5.41, 5.74) is 1.86. The molecule has 0 aliphatic rings. The van der Waals surface area contributed by atoms with Crippen LogP contribution in [0.2, 0.25) is 0 Å². The third kappa shape index (κ3) is 3.78. The predicted octanol–water partition coefficient (Wildman–Crippen LogP) is 3.65. The van der Waals surface area contributed by atoms with Crippen LogP contribution in [-0.2, 0) is 18.3 Å². The van der Waals surface area contributed by atoms with E-state index in [1.807, 2.05) is 30.0 Å². The number of benzene rings is 2. The average molecular weight is 389 g/mol. The summed E-state index contributed by atoms with van der Waals surface area (Å²) in [6.07, 6.45) is 2.23. The lowest BCUT2D eigenvalue weighted by Crippen LogP contribution is -2.14. The summed E-state index contributed by atoms with van der Waals surface area (Å²) < 4.78 is 13.6. The summed E-state index contributed by atoms with van der Waals surface area (Å²) in [6.45, 7) is 0. The molecule has 3 rings (SSSR count). The number of aromatic nitrogens is 1. The molecular formula is C19H20N2O3S2. The van der Waals surface area contributed by atoms with Crippen molar-refractivity contribution in [3.05, 3.63) is 46.8 Å². The Balaban J connectivity index is 1.92. The number of carbonyl (C=O) groups is 1. The molecule has 0 saturated carbocycles. The minimum Gasteiger partial charge on any atom is -0.497 e. The molecule has 26 heavy (non-hydrogen) atoms. The average Bonchev–Trinajstić information content (AvgIpc) is 2.96. The van der Waals surface area contributed by atoms with Crippen molar-refractivity contribution in [3.63, 3.8) is 0 Å². The Kier molecular flexibility index (Phi) is 5.68. The highest BCUT2D eigenvalue weighted by Crippen LogP contribution is 2.26. The summed E-state index contributed by atoms with van der Waals surface area (Å²) in [5.74, 6) is 1.11. The van der Waals surface area contributed by atoms with E-state index in [9.17, 15) is 4.79 Å². The molecule has 0 spiro atoms. The van der Waals surface area contributed by atoms with Gasteiger partial charge in [0.15, 0.2) is 4.80 Å². The van der Waals surface area contributed by atoms with Crippen LogP contribution in [0.4, 0.5) is 0 Å². The van der Waals surface area contributed by atoms with Gasteiger partial charge in [0.1, 0.15) is 11.5 Å². The second kappa shape index (κ2) is 7.97. The number of nitrogens with zero attached hydrogens (tertiary/aromatic N) is 2. The highest BCUT2D eigenvalue weighted by Gasteiger charge is 2.11. The molecule has 5 nitrogen and oxygen atoms in total. The summed E-state index contributed by atoms with van der Waals surface area (Å²) in [4.78, 5) is 18.7. The number of ether oxygens (including phenoxy) is 2. The van der Waals surface area contributed by atoms with Gasteiger partial charge in [0.05, 0.1) is 30.9 Å². The highest BCUT2D eigenvalue weighted by molar-refractivity contribution is 7.98. The topological polar surface area (TPSA) is 52.8 Å². The fraction of sp³-hybridized carbons (Fsp3) is 0.263. The maximum Gasteiger partial charge on any atom is 0.252 e. The zero-order chi connectivity index (χ0) is 18.7. The maximum absolute atomic E-state index is 12.5. The van der Waals surface area contributed by atoms with Crippen molar-refractivity contribution in [2.45, 2.75) is 11.3 Å². The largest absolute Gasteiger partial charge is 0.497 e. The zero-order valence-electron chi connectivity index (χ0n) is 15.1. The van der Waals surface area contributed by atoms with Crippen molar-refractivity contribution < 1.29 is 14.3 Å². The SMILES string of the molecule is COc1ccc(CC(=O)N=c2sc3cc(SC)ccc3n2C)c(OC)c1. The molecule has 0 bridgehead atoms. The first-order valence-electron chi connectivity index (χ1n) is 7.97. The summed E-state index contributed by atoms with van der Waals surface area (Å²) in [6, 6.07) is 11.7. The van der Waals surface area contributed by atoms with Gasteiger partial charge in [-0.2, -0.15) is 4.99 Å². The number of thiazole rings is 1. The summed E-state index contributed by atoms with van der Waals surface area (Å²) >= 11 is 3.22. The minimum absolute atomic E-state index is 0.178. The molecule has 136 valence electrons. The van der Waals surface area contributed by atoms with Gasteiger partial charge in [-0.15, -0.1) is 11.8 Å². The third-order valence-corrected chi connectivity index (χ3v) is 5.89. The number of rotatable bonds is 5. The van der Waals surface area contributed by atoms with Gasteiger partial charge >= 0.3 is 0 Å². The molecule has 0 saturated heterocycles. The fourth-order valence-corrected chi connectivity index (χ4v) is 4.24. The van der Waals surface area contributed by atoms with E-state index in [2.05, 4.69) is 23.2 Å². The molecule has 7 heteroatoms. The van der Waals surface area contributed by atoms with Crippen LogP contribution >= 0.6 is 23.1 Å². The lowest BCUT2D eigenvalue weighted by atomic mass is 10.1. The van der Waals surface area contributed by atoms with Crippen molar-refractivity contribution >= 4 is 39.2 Å². The van der Waals surface area contributed by atoms with Gasteiger partial charge in [-0.05, 0) is 30.5 Å². The molecule has 0 aliphatic heterocycles. The molecule has 0 fully saturated rings. The van der Waals surface area contributed by atoms with Crippen LogP contribution in [-0.4, -0.2) is 30.9 Å². The van der Waals surface area contributed by atoms with E-state index in [0.717, 1.165) is 15.8 Å². The van der Waals surface area contributed by atoms with E-state index >= 15 is 0 Å². The van der Waals surface area contributed by atoms with E-state index in [0.29, 0.717) is 16.3 Å². The van der Waals surface area contributed by atoms with Gasteiger partial charge in [0.2, 0.25) is 0 Å². The number of carbonyl (C=O) groups excluding carboxylic acids is 1. The second-order valence-electron chi connectivity index (χ2n) is 5.64. The van der Waals surface area contributed by atoms with Crippen molar-refractivity contribution in [1.82, 2.24) is 4.57 Å². The molecule has 0 aliphatic carbocycles.